The van der Waals surface area contributed by atoms with Gasteiger partial charge in [-0.2, -0.15) is 0 Å². The second-order valence-corrected chi connectivity index (χ2v) is 10.1. The fraction of sp³-hybridized carbons (Fsp3) is 0.273. The Balaban J connectivity index is 1.36. The number of aliphatic carboxylic acids is 1. The topological polar surface area (TPSA) is 119 Å². The number of fused-ring (bicyclic) bond motifs is 1. The van der Waals surface area contributed by atoms with Gasteiger partial charge in [0, 0.05) is 36.1 Å². The number of carbonyl (C=O) groups is 1. The number of aliphatic hydroxyl groups is 1. The zero-order valence-corrected chi connectivity index (χ0v) is 23.6. The van der Waals surface area contributed by atoms with Crippen molar-refractivity contribution in [2.45, 2.75) is 39.6 Å². The van der Waals surface area contributed by atoms with Crippen LogP contribution in [0.15, 0.2) is 73.1 Å². The van der Waals surface area contributed by atoms with Crippen LogP contribution in [0.3, 0.4) is 0 Å². The minimum atomic E-state index is -1.12. The molecular formula is C33H34N2O7. The van der Waals surface area contributed by atoms with Crippen LogP contribution in [-0.2, 0) is 24.6 Å². The van der Waals surface area contributed by atoms with E-state index in [2.05, 4.69) is 23.3 Å². The second kappa shape index (κ2) is 13.4. The lowest BCUT2D eigenvalue weighted by molar-refractivity contribution is -0.140. The van der Waals surface area contributed by atoms with Crippen molar-refractivity contribution < 1.29 is 34.0 Å². The van der Waals surface area contributed by atoms with E-state index < -0.39 is 18.6 Å². The van der Waals surface area contributed by atoms with Gasteiger partial charge in [-0.25, -0.2) is 0 Å². The van der Waals surface area contributed by atoms with Gasteiger partial charge >= 0.3 is 5.97 Å². The van der Waals surface area contributed by atoms with E-state index in [1.165, 1.54) is 0 Å². The van der Waals surface area contributed by atoms with Gasteiger partial charge in [0.15, 0.2) is 11.5 Å². The molecule has 3 N–H and O–H groups in total. The Hall–Kier alpha value is -4.60. The van der Waals surface area contributed by atoms with Gasteiger partial charge < -0.3 is 29.2 Å². The van der Waals surface area contributed by atoms with Crippen LogP contribution in [0, 0.1) is 13.8 Å². The standard InChI is InChI=1S/C33H34N2O7/c1-21-13-26(17-35-28(18-36)33(37)38)31(41-19-23-5-4-10-34-16-23)15-30(21)42-20-25-6-3-7-27(22(25)2)24-8-9-29-32(14-24)40-12-11-39-29/h3-10,13-16,28,35-36H,11-12,17-20H2,1-2H3,(H,37,38). The molecule has 1 aliphatic rings. The van der Waals surface area contributed by atoms with Crippen LogP contribution in [0.4, 0.5) is 0 Å². The van der Waals surface area contributed by atoms with Gasteiger partial charge in [-0.1, -0.05) is 30.3 Å². The van der Waals surface area contributed by atoms with Gasteiger partial charge in [0.1, 0.15) is 44.0 Å². The van der Waals surface area contributed by atoms with Gasteiger partial charge in [-0.3, -0.25) is 15.1 Å². The highest BCUT2D eigenvalue weighted by molar-refractivity contribution is 5.73. The molecule has 2 heterocycles. The van der Waals surface area contributed by atoms with Crippen LogP contribution >= 0.6 is 0 Å². The quantitative estimate of drug-likeness (QED) is 0.220. The number of aliphatic hydroxyl groups excluding tert-OH is 1. The molecule has 9 nitrogen and oxygen atoms in total. The summed E-state index contributed by atoms with van der Waals surface area (Å²) >= 11 is 0. The average molecular weight is 571 g/mol. The molecular weight excluding hydrogens is 536 g/mol. The molecule has 1 atom stereocenters. The average Bonchev–Trinajstić information content (AvgIpc) is 3.01. The molecule has 1 aliphatic heterocycles. The summed E-state index contributed by atoms with van der Waals surface area (Å²) in [5.74, 6) is 1.59. The number of carboxylic acids is 1. The van der Waals surface area contributed by atoms with Gasteiger partial charge in [0.2, 0.25) is 0 Å². The van der Waals surface area contributed by atoms with Crippen LogP contribution in [-0.4, -0.2) is 47.0 Å². The van der Waals surface area contributed by atoms with Crippen molar-refractivity contribution in [2.75, 3.05) is 19.8 Å². The van der Waals surface area contributed by atoms with Crippen LogP contribution in [0.25, 0.3) is 11.1 Å². The molecule has 3 aromatic carbocycles. The van der Waals surface area contributed by atoms with Crippen LogP contribution in [0.5, 0.6) is 23.0 Å². The Bertz CT molecular complexity index is 1540. The maximum absolute atomic E-state index is 11.4. The van der Waals surface area contributed by atoms with E-state index in [4.69, 9.17) is 18.9 Å². The zero-order valence-electron chi connectivity index (χ0n) is 23.6. The molecule has 1 unspecified atom stereocenters. The lowest BCUT2D eigenvalue weighted by Crippen LogP contribution is -2.39. The number of aryl methyl sites for hydroxylation is 1. The van der Waals surface area contributed by atoms with Crippen molar-refractivity contribution >= 4 is 5.97 Å². The fourth-order valence-electron chi connectivity index (χ4n) is 4.78. The van der Waals surface area contributed by atoms with Gasteiger partial charge in [-0.05, 0) is 65.9 Å². The van der Waals surface area contributed by atoms with Gasteiger partial charge in [0.05, 0.1) is 6.61 Å². The van der Waals surface area contributed by atoms with E-state index >= 15 is 0 Å². The maximum atomic E-state index is 11.4. The Morgan fingerprint density at radius 2 is 1.76 bits per heavy atom. The molecule has 0 spiro atoms. The van der Waals surface area contributed by atoms with Crippen molar-refractivity contribution in [3.8, 4) is 34.1 Å². The number of hydrogen-bond acceptors (Lipinski definition) is 8. The number of nitrogens with zero attached hydrogens (tertiary/aromatic N) is 1. The molecule has 0 radical (unpaired) electrons. The van der Waals surface area contributed by atoms with Crippen LogP contribution in [0.1, 0.15) is 27.8 Å². The van der Waals surface area contributed by atoms with E-state index in [1.54, 1.807) is 12.4 Å². The summed E-state index contributed by atoms with van der Waals surface area (Å²) in [6.45, 7) is 5.39. The van der Waals surface area contributed by atoms with E-state index in [0.29, 0.717) is 31.3 Å². The number of hydrogen-bond donors (Lipinski definition) is 3. The van der Waals surface area contributed by atoms with Crippen LogP contribution in [0.2, 0.25) is 0 Å². The SMILES string of the molecule is Cc1cc(CNC(CO)C(=O)O)c(OCc2cccnc2)cc1OCc1cccc(-c2ccc3c(c2)OCCO3)c1C. The number of benzene rings is 3. The molecule has 0 amide bonds. The molecule has 0 bridgehead atoms. The molecule has 42 heavy (non-hydrogen) atoms. The zero-order chi connectivity index (χ0) is 29.5. The molecule has 0 fully saturated rings. The number of ether oxygens (including phenoxy) is 4. The van der Waals surface area contributed by atoms with E-state index in [-0.39, 0.29) is 13.2 Å². The smallest absolute Gasteiger partial charge is 0.323 e. The highest BCUT2D eigenvalue weighted by Crippen LogP contribution is 2.36. The third-order valence-corrected chi connectivity index (χ3v) is 7.18. The summed E-state index contributed by atoms with van der Waals surface area (Å²) < 4.78 is 23.9. The highest BCUT2D eigenvalue weighted by atomic mass is 16.6. The fourth-order valence-corrected chi connectivity index (χ4v) is 4.78. The van der Waals surface area contributed by atoms with E-state index in [1.807, 2.05) is 61.5 Å². The van der Waals surface area contributed by atoms with E-state index in [9.17, 15) is 15.0 Å². The second-order valence-electron chi connectivity index (χ2n) is 10.1. The highest BCUT2D eigenvalue weighted by Gasteiger charge is 2.18. The Kier molecular flexibility index (Phi) is 9.21. The number of aromatic nitrogens is 1. The minimum absolute atomic E-state index is 0.192. The summed E-state index contributed by atoms with van der Waals surface area (Å²) in [7, 11) is 0. The number of carboxylic acid groups (broad SMARTS) is 1. The number of pyridine rings is 1. The maximum Gasteiger partial charge on any atom is 0.323 e. The lowest BCUT2D eigenvalue weighted by Gasteiger charge is -2.20. The number of rotatable bonds is 12. The van der Waals surface area contributed by atoms with Crippen molar-refractivity contribution in [1.29, 1.82) is 0 Å². The molecule has 1 aromatic heterocycles. The number of nitrogens with one attached hydrogen (secondary N) is 1. The largest absolute Gasteiger partial charge is 0.488 e. The first-order valence-electron chi connectivity index (χ1n) is 13.8. The summed E-state index contributed by atoms with van der Waals surface area (Å²) in [4.78, 5) is 15.5. The Morgan fingerprint density at radius 3 is 2.52 bits per heavy atom. The molecule has 9 heteroatoms. The lowest BCUT2D eigenvalue weighted by atomic mass is 9.96. The monoisotopic (exact) mass is 570 g/mol. The molecule has 0 saturated carbocycles. The molecule has 218 valence electrons. The Labute approximate surface area is 244 Å². The summed E-state index contributed by atoms with van der Waals surface area (Å²) in [5.41, 5.74) is 6.79. The van der Waals surface area contributed by atoms with Crippen molar-refractivity contribution in [3.05, 3.63) is 101 Å². The Morgan fingerprint density at radius 1 is 0.952 bits per heavy atom. The normalized spacial score (nSPS) is 12.9. The van der Waals surface area contributed by atoms with Crippen molar-refractivity contribution in [1.82, 2.24) is 10.3 Å². The molecule has 0 saturated heterocycles. The summed E-state index contributed by atoms with van der Waals surface area (Å²) in [5, 5.41) is 21.6. The predicted octanol–water partition coefficient (Wildman–Crippen LogP) is 4.83. The first kappa shape index (κ1) is 28.9. The first-order chi connectivity index (χ1) is 20.4. The summed E-state index contributed by atoms with van der Waals surface area (Å²) in [6.07, 6.45) is 3.43. The van der Waals surface area contributed by atoms with Gasteiger partial charge in [-0.15, -0.1) is 0 Å². The molecule has 0 aliphatic carbocycles. The minimum Gasteiger partial charge on any atom is -0.488 e. The first-order valence-corrected chi connectivity index (χ1v) is 13.8. The molecule has 5 rings (SSSR count). The predicted molar refractivity (Wildman–Crippen MR) is 157 cm³/mol. The third-order valence-electron chi connectivity index (χ3n) is 7.18. The van der Waals surface area contributed by atoms with Crippen molar-refractivity contribution in [2.24, 2.45) is 0 Å². The van der Waals surface area contributed by atoms with Crippen LogP contribution < -0.4 is 24.3 Å². The van der Waals surface area contributed by atoms with Gasteiger partial charge in [0.25, 0.3) is 0 Å². The van der Waals surface area contributed by atoms with E-state index in [0.717, 1.165) is 50.4 Å². The molecule has 4 aromatic rings. The summed E-state index contributed by atoms with van der Waals surface area (Å²) in [6, 6.07) is 18.5. The van der Waals surface area contributed by atoms with Crippen molar-refractivity contribution in [3.63, 3.8) is 0 Å². The third kappa shape index (κ3) is 6.82.